The molecule has 0 heterocycles. The fourth-order valence-corrected chi connectivity index (χ4v) is 1.45. The van der Waals surface area contributed by atoms with Crippen molar-refractivity contribution in [2.45, 2.75) is 25.8 Å². The number of amides is 2. The summed E-state index contributed by atoms with van der Waals surface area (Å²) in [5, 5.41) is 1.77. The molecule has 0 bridgehead atoms. The van der Waals surface area contributed by atoms with Gasteiger partial charge in [-0.05, 0) is 11.6 Å². The third kappa shape index (κ3) is 4.17. The lowest BCUT2D eigenvalue weighted by Gasteiger charge is -2.19. The lowest BCUT2D eigenvalue weighted by atomic mass is 10.1. The summed E-state index contributed by atoms with van der Waals surface area (Å²) in [5.74, 6) is -7.14. The Labute approximate surface area is 118 Å². The summed E-state index contributed by atoms with van der Waals surface area (Å²) in [5.41, 5.74) is 0.310. The highest BCUT2D eigenvalue weighted by Gasteiger charge is 2.49. The van der Waals surface area contributed by atoms with E-state index < -0.39 is 18.3 Å². The molecular weight excluding hydrogens is 292 g/mol. The average molecular weight is 306 g/mol. The standard InChI is InChI=1S/C13H14F4N2O2/c1-8(20)19(2)7-9-5-3-4-6-10(9)18-12(21)13(16,17)11(14)15/h3-6,11H,7H2,1-2H3,(H,18,21). The van der Waals surface area contributed by atoms with Gasteiger partial charge >= 0.3 is 18.3 Å². The van der Waals surface area contributed by atoms with Crippen LogP contribution in [0.3, 0.4) is 0 Å². The van der Waals surface area contributed by atoms with Crippen LogP contribution in [0.15, 0.2) is 24.3 Å². The molecule has 0 fully saturated rings. The molecule has 1 aromatic rings. The second-order valence-electron chi connectivity index (χ2n) is 4.41. The van der Waals surface area contributed by atoms with Gasteiger partial charge in [-0.3, -0.25) is 9.59 Å². The quantitative estimate of drug-likeness (QED) is 0.850. The number of rotatable bonds is 5. The van der Waals surface area contributed by atoms with Crippen LogP contribution in [0.25, 0.3) is 0 Å². The van der Waals surface area contributed by atoms with Crippen molar-refractivity contribution in [3.63, 3.8) is 0 Å². The maximum Gasteiger partial charge on any atom is 0.383 e. The predicted octanol–water partition coefficient (Wildman–Crippen LogP) is 2.50. The Bertz CT molecular complexity index is 535. The van der Waals surface area contributed by atoms with Gasteiger partial charge in [-0.1, -0.05) is 18.2 Å². The van der Waals surface area contributed by atoms with Gasteiger partial charge in [0.25, 0.3) is 0 Å². The molecule has 4 nitrogen and oxygen atoms in total. The Hall–Kier alpha value is -2.12. The van der Waals surface area contributed by atoms with E-state index in [2.05, 4.69) is 0 Å². The van der Waals surface area contributed by atoms with E-state index in [9.17, 15) is 27.2 Å². The molecule has 0 aromatic heterocycles. The van der Waals surface area contributed by atoms with E-state index in [1.807, 2.05) is 0 Å². The molecule has 0 aliphatic rings. The Morgan fingerprint density at radius 2 is 1.86 bits per heavy atom. The molecule has 1 N–H and O–H groups in total. The lowest BCUT2D eigenvalue weighted by Crippen LogP contribution is -2.41. The van der Waals surface area contributed by atoms with Crippen molar-refractivity contribution in [2.24, 2.45) is 0 Å². The van der Waals surface area contributed by atoms with Crippen LogP contribution in [-0.4, -0.2) is 36.1 Å². The molecule has 116 valence electrons. The minimum absolute atomic E-state index is 0.0454. The molecule has 2 amide bonds. The Balaban J connectivity index is 2.94. The second kappa shape index (κ2) is 6.55. The smallest absolute Gasteiger partial charge is 0.342 e. The first-order valence-corrected chi connectivity index (χ1v) is 5.93. The maximum atomic E-state index is 12.9. The van der Waals surface area contributed by atoms with Crippen molar-refractivity contribution in [3.8, 4) is 0 Å². The van der Waals surface area contributed by atoms with Gasteiger partial charge in [0.2, 0.25) is 5.91 Å². The fourth-order valence-electron chi connectivity index (χ4n) is 1.45. The fraction of sp³-hybridized carbons (Fsp3) is 0.385. The van der Waals surface area contributed by atoms with Crippen molar-refractivity contribution in [1.29, 1.82) is 0 Å². The first-order valence-electron chi connectivity index (χ1n) is 5.93. The van der Waals surface area contributed by atoms with Crippen molar-refractivity contribution < 1.29 is 27.2 Å². The molecular formula is C13H14F4N2O2. The summed E-state index contributed by atoms with van der Waals surface area (Å²) in [6.45, 7) is 1.36. The number of nitrogens with one attached hydrogen (secondary N) is 1. The van der Waals surface area contributed by atoms with Gasteiger partial charge in [0, 0.05) is 26.2 Å². The summed E-state index contributed by atoms with van der Waals surface area (Å²) < 4.78 is 50.1. The van der Waals surface area contributed by atoms with E-state index in [0.717, 1.165) is 0 Å². The number of hydrogen-bond donors (Lipinski definition) is 1. The Kier molecular flexibility index (Phi) is 5.28. The van der Waals surface area contributed by atoms with Gasteiger partial charge in [0.05, 0.1) is 0 Å². The number of nitrogens with zero attached hydrogens (tertiary/aromatic N) is 1. The topological polar surface area (TPSA) is 49.4 Å². The van der Waals surface area contributed by atoms with Crippen molar-refractivity contribution in [2.75, 3.05) is 12.4 Å². The van der Waals surface area contributed by atoms with Gasteiger partial charge in [0.15, 0.2) is 0 Å². The molecule has 0 aliphatic heterocycles. The Morgan fingerprint density at radius 3 is 2.38 bits per heavy atom. The highest BCUT2D eigenvalue weighted by atomic mass is 19.3. The SMILES string of the molecule is CC(=O)N(C)Cc1ccccc1NC(=O)C(F)(F)C(F)F. The highest BCUT2D eigenvalue weighted by molar-refractivity contribution is 5.97. The Morgan fingerprint density at radius 1 is 1.29 bits per heavy atom. The molecule has 1 rings (SSSR count). The van der Waals surface area contributed by atoms with Crippen LogP contribution in [-0.2, 0) is 16.1 Å². The number of carbonyl (C=O) groups excluding carboxylic acids is 2. The summed E-state index contributed by atoms with van der Waals surface area (Å²) in [6.07, 6.45) is -4.09. The zero-order valence-electron chi connectivity index (χ0n) is 11.4. The molecule has 8 heteroatoms. The van der Waals surface area contributed by atoms with E-state index in [1.165, 1.54) is 37.1 Å². The summed E-state index contributed by atoms with van der Waals surface area (Å²) >= 11 is 0. The van der Waals surface area contributed by atoms with E-state index in [4.69, 9.17) is 0 Å². The second-order valence-corrected chi connectivity index (χ2v) is 4.41. The zero-order valence-corrected chi connectivity index (χ0v) is 11.4. The first kappa shape index (κ1) is 16.9. The maximum absolute atomic E-state index is 12.9. The lowest BCUT2D eigenvalue weighted by molar-refractivity contribution is -0.163. The van der Waals surface area contributed by atoms with Crippen LogP contribution >= 0.6 is 0 Å². The summed E-state index contributed by atoms with van der Waals surface area (Å²) in [4.78, 5) is 23.7. The largest absolute Gasteiger partial charge is 0.383 e. The van der Waals surface area contributed by atoms with E-state index in [-0.39, 0.29) is 18.1 Å². The van der Waals surface area contributed by atoms with E-state index in [1.54, 1.807) is 11.4 Å². The van der Waals surface area contributed by atoms with Crippen LogP contribution in [0.1, 0.15) is 12.5 Å². The minimum atomic E-state index is -4.78. The van der Waals surface area contributed by atoms with E-state index in [0.29, 0.717) is 5.56 Å². The van der Waals surface area contributed by atoms with Crippen LogP contribution in [0.5, 0.6) is 0 Å². The number of para-hydroxylation sites is 1. The van der Waals surface area contributed by atoms with Crippen LogP contribution in [0.4, 0.5) is 23.2 Å². The normalized spacial score (nSPS) is 11.4. The molecule has 0 spiro atoms. The third-order valence-corrected chi connectivity index (χ3v) is 2.79. The van der Waals surface area contributed by atoms with Gasteiger partial charge < -0.3 is 10.2 Å². The van der Waals surface area contributed by atoms with Crippen molar-refractivity contribution in [1.82, 2.24) is 4.90 Å². The zero-order chi connectivity index (χ0) is 16.2. The number of alkyl halides is 4. The summed E-state index contributed by atoms with van der Waals surface area (Å²) in [6, 6.07) is 5.82. The number of hydrogen-bond acceptors (Lipinski definition) is 2. The van der Waals surface area contributed by atoms with Crippen molar-refractivity contribution in [3.05, 3.63) is 29.8 Å². The third-order valence-electron chi connectivity index (χ3n) is 2.79. The minimum Gasteiger partial charge on any atom is -0.342 e. The predicted molar refractivity (Wildman–Crippen MR) is 68.2 cm³/mol. The number of halogens is 4. The molecule has 0 saturated carbocycles. The molecule has 0 atom stereocenters. The van der Waals surface area contributed by atoms with E-state index >= 15 is 0 Å². The first-order chi connectivity index (χ1) is 9.66. The number of anilines is 1. The molecule has 0 aliphatic carbocycles. The molecule has 21 heavy (non-hydrogen) atoms. The molecule has 0 saturated heterocycles. The van der Waals surface area contributed by atoms with Gasteiger partial charge in [-0.25, -0.2) is 8.78 Å². The molecule has 0 radical (unpaired) electrons. The highest BCUT2D eigenvalue weighted by Crippen LogP contribution is 2.26. The molecule has 1 aromatic carbocycles. The van der Waals surface area contributed by atoms with Crippen molar-refractivity contribution >= 4 is 17.5 Å². The molecule has 0 unspecified atom stereocenters. The summed E-state index contributed by atoms with van der Waals surface area (Å²) in [7, 11) is 1.48. The van der Waals surface area contributed by atoms with Gasteiger partial charge in [-0.2, -0.15) is 8.78 Å². The van der Waals surface area contributed by atoms with Crippen LogP contribution in [0, 0.1) is 0 Å². The number of benzene rings is 1. The van der Waals surface area contributed by atoms with Gasteiger partial charge in [-0.15, -0.1) is 0 Å². The average Bonchev–Trinajstić information content (AvgIpc) is 2.40. The van der Waals surface area contributed by atoms with Crippen LogP contribution < -0.4 is 5.32 Å². The van der Waals surface area contributed by atoms with Gasteiger partial charge in [0.1, 0.15) is 0 Å². The monoisotopic (exact) mass is 306 g/mol. The number of carbonyl (C=O) groups is 2. The van der Waals surface area contributed by atoms with Crippen LogP contribution in [0.2, 0.25) is 0 Å².